The molecule has 0 bridgehead atoms. The largest absolute Gasteiger partial charge is 0.395 e. The van der Waals surface area contributed by atoms with Crippen LogP contribution in [0, 0.1) is 0 Å². The standard InChI is InChI=1S/C10H22N2O3/c1-8(11)7-15-9(2)6-12(4-5-13)10(3)14/h8-9,13H,4-7,11H2,1-3H3/t8-,9+/m1/s1. The second-order valence-electron chi connectivity index (χ2n) is 3.81. The van der Waals surface area contributed by atoms with E-state index in [1.54, 1.807) is 4.90 Å². The Balaban J connectivity index is 3.88. The molecular formula is C10H22N2O3. The van der Waals surface area contributed by atoms with Crippen LogP contribution in [0.3, 0.4) is 0 Å². The van der Waals surface area contributed by atoms with Crippen LogP contribution in [0.2, 0.25) is 0 Å². The molecule has 2 atom stereocenters. The molecule has 0 fully saturated rings. The predicted octanol–water partition coefficient (Wildman–Crippen LogP) is -0.420. The van der Waals surface area contributed by atoms with Gasteiger partial charge in [0.1, 0.15) is 0 Å². The fraction of sp³-hybridized carbons (Fsp3) is 0.900. The lowest BCUT2D eigenvalue weighted by Crippen LogP contribution is -2.39. The summed E-state index contributed by atoms with van der Waals surface area (Å²) < 4.78 is 5.43. The second-order valence-corrected chi connectivity index (χ2v) is 3.81. The third-order valence-corrected chi connectivity index (χ3v) is 1.94. The fourth-order valence-electron chi connectivity index (χ4n) is 1.18. The van der Waals surface area contributed by atoms with E-state index in [0.29, 0.717) is 19.7 Å². The van der Waals surface area contributed by atoms with Crippen molar-refractivity contribution in [3.8, 4) is 0 Å². The Labute approximate surface area is 91.2 Å². The van der Waals surface area contributed by atoms with Crippen LogP contribution in [-0.4, -0.2) is 54.4 Å². The van der Waals surface area contributed by atoms with Crippen molar-refractivity contribution in [1.29, 1.82) is 0 Å². The number of hydrogen-bond acceptors (Lipinski definition) is 4. The van der Waals surface area contributed by atoms with E-state index >= 15 is 0 Å². The maximum absolute atomic E-state index is 11.1. The lowest BCUT2D eigenvalue weighted by atomic mass is 10.3. The maximum atomic E-state index is 11.1. The summed E-state index contributed by atoms with van der Waals surface area (Å²) in [5, 5.41) is 8.76. The van der Waals surface area contributed by atoms with Crippen molar-refractivity contribution in [2.75, 3.05) is 26.3 Å². The summed E-state index contributed by atoms with van der Waals surface area (Å²) in [6.45, 7) is 6.52. The van der Waals surface area contributed by atoms with Crippen molar-refractivity contribution in [2.24, 2.45) is 5.73 Å². The van der Waals surface area contributed by atoms with Crippen molar-refractivity contribution in [2.45, 2.75) is 32.9 Å². The Morgan fingerprint density at radius 1 is 1.53 bits per heavy atom. The molecule has 0 rings (SSSR count). The van der Waals surface area contributed by atoms with Crippen LogP contribution >= 0.6 is 0 Å². The molecule has 0 spiro atoms. The molecule has 0 unspecified atom stereocenters. The topological polar surface area (TPSA) is 75.8 Å². The van der Waals surface area contributed by atoms with Gasteiger partial charge in [0, 0.05) is 26.1 Å². The van der Waals surface area contributed by atoms with E-state index in [4.69, 9.17) is 15.6 Å². The van der Waals surface area contributed by atoms with E-state index in [0.717, 1.165) is 0 Å². The Kier molecular flexibility index (Phi) is 7.29. The van der Waals surface area contributed by atoms with Gasteiger partial charge in [0.2, 0.25) is 5.91 Å². The van der Waals surface area contributed by atoms with Crippen molar-refractivity contribution in [1.82, 2.24) is 4.90 Å². The van der Waals surface area contributed by atoms with E-state index in [9.17, 15) is 4.79 Å². The zero-order chi connectivity index (χ0) is 11.8. The van der Waals surface area contributed by atoms with E-state index in [-0.39, 0.29) is 24.7 Å². The minimum absolute atomic E-state index is 0.00364. The summed E-state index contributed by atoms with van der Waals surface area (Å²) in [6.07, 6.45) is -0.0635. The van der Waals surface area contributed by atoms with Crippen molar-refractivity contribution >= 4 is 5.91 Å². The zero-order valence-electron chi connectivity index (χ0n) is 9.77. The van der Waals surface area contributed by atoms with E-state index < -0.39 is 0 Å². The average Bonchev–Trinajstić information content (AvgIpc) is 2.14. The van der Waals surface area contributed by atoms with Crippen molar-refractivity contribution in [3.63, 3.8) is 0 Å². The number of aliphatic hydroxyl groups is 1. The van der Waals surface area contributed by atoms with Gasteiger partial charge in [-0.15, -0.1) is 0 Å². The van der Waals surface area contributed by atoms with Gasteiger partial charge in [-0.25, -0.2) is 0 Å². The molecule has 1 amide bonds. The first-order chi connectivity index (χ1) is 6.97. The lowest BCUT2D eigenvalue weighted by Gasteiger charge is -2.24. The van der Waals surface area contributed by atoms with Gasteiger partial charge >= 0.3 is 0 Å². The van der Waals surface area contributed by atoms with Gasteiger partial charge in [0.15, 0.2) is 0 Å². The highest BCUT2D eigenvalue weighted by molar-refractivity contribution is 5.73. The number of nitrogens with two attached hydrogens (primary N) is 1. The summed E-state index contributed by atoms with van der Waals surface area (Å²) >= 11 is 0. The molecule has 0 aromatic rings. The number of carbonyl (C=O) groups excluding carboxylic acids is 1. The van der Waals surface area contributed by atoms with Gasteiger partial charge in [-0.05, 0) is 13.8 Å². The van der Waals surface area contributed by atoms with Crippen LogP contribution in [0.15, 0.2) is 0 Å². The SMILES string of the molecule is CC(=O)N(CCO)C[C@H](C)OC[C@@H](C)N. The number of aliphatic hydroxyl groups excluding tert-OH is 1. The maximum Gasteiger partial charge on any atom is 0.219 e. The summed E-state index contributed by atoms with van der Waals surface area (Å²) in [5.74, 6) is -0.0553. The highest BCUT2D eigenvalue weighted by Gasteiger charge is 2.12. The van der Waals surface area contributed by atoms with Crippen LogP contribution in [-0.2, 0) is 9.53 Å². The van der Waals surface area contributed by atoms with Gasteiger partial charge < -0.3 is 20.5 Å². The molecule has 3 N–H and O–H groups in total. The first-order valence-corrected chi connectivity index (χ1v) is 5.21. The van der Waals surface area contributed by atoms with Crippen LogP contribution in [0.4, 0.5) is 0 Å². The van der Waals surface area contributed by atoms with Crippen LogP contribution < -0.4 is 5.73 Å². The predicted molar refractivity (Wildman–Crippen MR) is 58.4 cm³/mol. The molecule has 15 heavy (non-hydrogen) atoms. The van der Waals surface area contributed by atoms with E-state index in [1.165, 1.54) is 6.92 Å². The highest BCUT2D eigenvalue weighted by atomic mass is 16.5. The summed E-state index contributed by atoms with van der Waals surface area (Å²) in [4.78, 5) is 12.7. The quantitative estimate of drug-likeness (QED) is 0.608. The number of hydrogen-bond donors (Lipinski definition) is 2. The van der Waals surface area contributed by atoms with Gasteiger partial charge in [0.25, 0.3) is 0 Å². The number of ether oxygens (including phenoxy) is 1. The fourth-order valence-corrected chi connectivity index (χ4v) is 1.18. The first-order valence-electron chi connectivity index (χ1n) is 5.21. The molecule has 0 saturated carbocycles. The van der Waals surface area contributed by atoms with Gasteiger partial charge in [0.05, 0.1) is 19.3 Å². The summed E-state index contributed by atoms with van der Waals surface area (Å²) in [6, 6.07) is -0.00364. The average molecular weight is 218 g/mol. The number of rotatable bonds is 7. The van der Waals surface area contributed by atoms with Crippen LogP contribution in [0.5, 0.6) is 0 Å². The minimum atomic E-state index is -0.0635. The molecule has 5 nitrogen and oxygen atoms in total. The molecule has 0 heterocycles. The number of carbonyl (C=O) groups is 1. The minimum Gasteiger partial charge on any atom is -0.395 e. The Morgan fingerprint density at radius 3 is 2.53 bits per heavy atom. The molecule has 0 aliphatic carbocycles. The van der Waals surface area contributed by atoms with Gasteiger partial charge in [-0.1, -0.05) is 0 Å². The second kappa shape index (κ2) is 7.62. The molecule has 5 heteroatoms. The normalized spacial score (nSPS) is 14.7. The van der Waals surface area contributed by atoms with Gasteiger partial charge in [-0.2, -0.15) is 0 Å². The molecule has 0 aromatic carbocycles. The monoisotopic (exact) mass is 218 g/mol. The smallest absolute Gasteiger partial charge is 0.219 e. The molecule has 0 aromatic heterocycles. The third-order valence-electron chi connectivity index (χ3n) is 1.94. The Bertz CT molecular complexity index is 186. The first kappa shape index (κ1) is 14.3. The van der Waals surface area contributed by atoms with E-state index in [2.05, 4.69) is 0 Å². The number of nitrogens with zero attached hydrogens (tertiary/aromatic N) is 1. The molecule has 90 valence electrons. The number of amides is 1. The van der Waals surface area contributed by atoms with Crippen LogP contribution in [0.25, 0.3) is 0 Å². The summed E-state index contributed by atoms with van der Waals surface area (Å²) in [7, 11) is 0. The third kappa shape index (κ3) is 7.30. The molecular weight excluding hydrogens is 196 g/mol. The van der Waals surface area contributed by atoms with Crippen molar-refractivity contribution in [3.05, 3.63) is 0 Å². The lowest BCUT2D eigenvalue weighted by molar-refractivity contribution is -0.131. The Morgan fingerprint density at radius 2 is 2.13 bits per heavy atom. The van der Waals surface area contributed by atoms with Crippen molar-refractivity contribution < 1.29 is 14.6 Å². The van der Waals surface area contributed by atoms with Gasteiger partial charge in [-0.3, -0.25) is 4.79 Å². The van der Waals surface area contributed by atoms with E-state index in [1.807, 2.05) is 13.8 Å². The summed E-state index contributed by atoms with van der Waals surface area (Å²) in [5.41, 5.74) is 5.54. The Hall–Kier alpha value is -0.650. The molecule has 0 aliphatic heterocycles. The zero-order valence-corrected chi connectivity index (χ0v) is 9.77. The molecule has 0 aliphatic rings. The highest BCUT2D eigenvalue weighted by Crippen LogP contribution is 1.98. The molecule has 0 radical (unpaired) electrons. The van der Waals surface area contributed by atoms with Crippen LogP contribution in [0.1, 0.15) is 20.8 Å². The molecule has 0 saturated heterocycles.